The zero-order valence-electron chi connectivity index (χ0n) is 19.8. The molecule has 6 aromatic rings. The molecular weight excluding hydrogens is 472 g/mol. The van der Waals surface area contributed by atoms with Crippen molar-refractivity contribution in [2.24, 2.45) is 0 Å². The first kappa shape index (κ1) is 22.3. The fraction of sp³-hybridized carbons (Fsp3) is 0.143. The van der Waals surface area contributed by atoms with Crippen molar-refractivity contribution in [2.75, 3.05) is 0 Å². The summed E-state index contributed by atoms with van der Waals surface area (Å²) in [6.07, 6.45) is 0.861. The molecule has 0 atom stereocenters. The van der Waals surface area contributed by atoms with Crippen LogP contribution in [0, 0.1) is 6.92 Å². The minimum Gasteiger partial charge on any atom is -0.423 e. The summed E-state index contributed by atoms with van der Waals surface area (Å²) in [6.45, 7) is 4.07. The molecule has 7 nitrogen and oxygen atoms in total. The third-order valence-corrected chi connectivity index (χ3v) is 7.32. The van der Waals surface area contributed by atoms with Gasteiger partial charge in [-0.1, -0.05) is 60.6 Å². The third kappa shape index (κ3) is 3.70. The van der Waals surface area contributed by atoms with E-state index < -0.39 is 0 Å². The van der Waals surface area contributed by atoms with Gasteiger partial charge in [-0.15, -0.1) is 10.2 Å². The molecule has 3 heterocycles. The van der Waals surface area contributed by atoms with Crippen molar-refractivity contribution in [3.63, 3.8) is 0 Å². The number of thioether (sulfide) groups is 1. The fourth-order valence-electron chi connectivity index (χ4n) is 4.45. The number of aryl methyl sites for hydroxylation is 2. The lowest BCUT2D eigenvalue weighted by molar-refractivity contribution is 0.559. The normalized spacial score (nSPS) is 11.6. The second kappa shape index (κ2) is 8.80. The standard InChI is InChI=1S/C28H22N4O3S/c1-3-18-10-13-21-19(15-25(33)35-24(21)14-18)16-36-28-30-29-27-31(20-11-8-17(2)9-12-20)26(34)22-6-4-5-7-23(22)32(27)28/h4-15H,3,16H2,1-2H3. The molecule has 0 saturated carbocycles. The van der Waals surface area contributed by atoms with Crippen LogP contribution in [-0.4, -0.2) is 19.2 Å². The van der Waals surface area contributed by atoms with E-state index in [4.69, 9.17) is 4.42 Å². The van der Waals surface area contributed by atoms with Crippen LogP contribution in [0.5, 0.6) is 0 Å². The van der Waals surface area contributed by atoms with E-state index in [1.165, 1.54) is 17.8 Å². The maximum absolute atomic E-state index is 13.5. The Morgan fingerprint density at radius 1 is 0.917 bits per heavy atom. The number of hydrogen-bond acceptors (Lipinski definition) is 6. The molecule has 3 aromatic carbocycles. The first-order valence-electron chi connectivity index (χ1n) is 11.7. The minimum atomic E-state index is -0.379. The number of rotatable bonds is 5. The van der Waals surface area contributed by atoms with Crippen LogP contribution in [0.2, 0.25) is 0 Å². The number of benzene rings is 3. The van der Waals surface area contributed by atoms with Crippen molar-refractivity contribution in [3.05, 3.63) is 110 Å². The van der Waals surface area contributed by atoms with Crippen LogP contribution in [0.25, 0.3) is 33.3 Å². The van der Waals surface area contributed by atoms with Crippen LogP contribution >= 0.6 is 11.8 Å². The average molecular weight is 495 g/mol. The Labute approximate surface area is 210 Å². The van der Waals surface area contributed by atoms with Gasteiger partial charge in [0, 0.05) is 17.2 Å². The Kier molecular flexibility index (Phi) is 5.45. The summed E-state index contributed by atoms with van der Waals surface area (Å²) < 4.78 is 8.96. The molecule has 0 N–H and O–H groups in total. The minimum absolute atomic E-state index is 0.149. The van der Waals surface area contributed by atoms with E-state index in [2.05, 4.69) is 23.2 Å². The highest BCUT2D eigenvalue weighted by Gasteiger charge is 2.18. The summed E-state index contributed by atoms with van der Waals surface area (Å²) in [5, 5.41) is 11.0. The van der Waals surface area contributed by atoms with Crippen LogP contribution in [0.1, 0.15) is 23.6 Å². The summed E-state index contributed by atoms with van der Waals surface area (Å²) in [7, 11) is 0. The predicted octanol–water partition coefficient (Wildman–Crippen LogP) is 5.30. The number of aromatic nitrogens is 4. The van der Waals surface area contributed by atoms with Crippen molar-refractivity contribution in [3.8, 4) is 5.69 Å². The van der Waals surface area contributed by atoms with Crippen molar-refractivity contribution >= 4 is 39.4 Å². The summed E-state index contributed by atoms with van der Waals surface area (Å²) in [5.41, 5.74) is 4.60. The predicted molar refractivity (Wildman–Crippen MR) is 142 cm³/mol. The zero-order chi connectivity index (χ0) is 24.8. The second-order valence-corrected chi connectivity index (χ2v) is 9.62. The Morgan fingerprint density at radius 2 is 1.72 bits per heavy atom. The van der Waals surface area contributed by atoms with Crippen molar-refractivity contribution < 1.29 is 4.42 Å². The van der Waals surface area contributed by atoms with E-state index in [-0.39, 0.29) is 11.2 Å². The van der Waals surface area contributed by atoms with Gasteiger partial charge in [0.2, 0.25) is 5.78 Å². The largest absolute Gasteiger partial charge is 0.423 e. The van der Waals surface area contributed by atoms with Gasteiger partial charge < -0.3 is 4.42 Å². The first-order valence-corrected chi connectivity index (χ1v) is 12.7. The lowest BCUT2D eigenvalue weighted by atomic mass is 10.1. The molecule has 0 unspecified atom stereocenters. The fourth-order valence-corrected chi connectivity index (χ4v) is 5.39. The van der Waals surface area contributed by atoms with Gasteiger partial charge in [0.05, 0.1) is 16.6 Å². The molecule has 0 spiro atoms. The van der Waals surface area contributed by atoms with Crippen LogP contribution in [0.4, 0.5) is 0 Å². The van der Waals surface area contributed by atoms with Gasteiger partial charge in [0.1, 0.15) is 5.58 Å². The molecule has 0 aliphatic rings. The highest BCUT2D eigenvalue weighted by molar-refractivity contribution is 7.98. The Hall–Kier alpha value is -4.17. The van der Waals surface area contributed by atoms with Crippen molar-refractivity contribution in [2.45, 2.75) is 31.2 Å². The SMILES string of the molecule is CCc1ccc2c(CSc3nnc4n(-c5ccc(C)cc5)c(=O)c5ccccc5n34)cc(=O)oc2c1. The van der Waals surface area contributed by atoms with Gasteiger partial charge in [0.25, 0.3) is 5.56 Å². The third-order valence-electron chi connectivity index (χ3n) is 6.35. The van der Waals surface area contributed by atoms with E-state index in [0.29, 0.717) is 27.7 Å². The van der Waals surface area contributed by atoms with E-state index in [1.807, 2.05) is 72.0 Å². The summed E-state index contributed by atoms with van der Waals surface area (Å²) in [5.74, 6) is 0.932. The lowest BCUT2D eigenvalue weighted by Gasteiger charge is -2.12. The van der Waals surface area contributed by atoms with Crippen LogP contribution in [0.3, 0.4) is 0 Å². The monoisotopic (exact) mass is 494 g/mol. The molecular formula is C28H22N4O3S. The van der Waals surface area contributed by atoms with Crippen molar-refractivity contribution in [1.82, 2.24) is 19.2 Å². The summed E-state index contributed by atoms with van der Waals surface area (Å²) in [6, 6.07) is 22.7. The van der Waals surface area contributed by atoms with Crippen LogP contribution in [0.15, 0.2) is 92.0 Å². The molecule has 36 heavy (non-hydrogen) atoms. The quantitative estimate of drug-likeness (QED) is 0.239. The molecule has 8 heteroatoms. The maximum Gasteiger partial charge on any atom is 0.336 e. The number of hydrogen-bond donors (Lipinski definition) is 0. The number of fused-ring (bicyclic) bond motifs is 4. The molecule has 0 aliphatic heterocycles. The van der Waals surface area contributed by atoms with Gasteiger partial charge in [-0.2, -0.15) is 0 Å². The molecule has 3 aromatic heterocycles. The van der Waals surface area contributed by atoms with Gasteiger partial charge in [0.15, 0.2) is 5.16 Å². The summed E-state index contributed by atoms with van der Waals surface area (Å²) in [4.78, 5) is 25.8. The molecule has 0 aliphatic carbocycles. The molecule has 0 fully saturated rings. The van der Waals surface area contributed by atoms with Crippen LogP contribution < -0.4 is 11.2 Å². The van der Waals surface area contributed by atoms with Gasteiger partial charge in [-0.05, 0) is 54.8 Å². The van der Waals surface area contributed by atoms with E-state index in [9.17, 15) is 9.59 Å². The molecule has 6 rings (SSSR count). The van der Waals surface area contributed by atoms with E-state index >= 15 is 0 Å². The Balaban J connectivity index is 1.50. The lowest BCUT2D eigenvalue weighted by Crippen LogP contribution is -2.21. The van der Waals surface area contributed by atoms with E-state index in [0.717, 1.165) is 39.7 Å². The first-order chi connectivity index (χ1) is 17.5. The Morgan fingerprint density at radius 3 is 2.53 bits per heavy atom. The average Bonchev–Trinajstić information content (AvgIpc) is 3.31. The summed E-state index contributed by atoms with van der Waals surface area (Å²) >= 11 is 1.46. The maximum atomic E-state index is 13.5. The topological polar surface area (TPSA) is 82.4 Å². The molecule has 0 amide bonds. The highest BCUT2D eigenvalue weighted by Crippen LogP contribution is 2.28. The number of nitrogens with zero attached hydrogens (tertiary/aromatic N) is 4. The molecule has 0 bridgehead atoms. The number of para-hydroxylation sites is 1. The van der Waals surface area contributed by atoms with Gasteiger partial charge >= 0.3 is 5.63 Å². The Bertz CT molecular complexity index is 1880. The van der Waals surface area contributed by atoms with E-state index in [1.54, 1.807) is 4.57 Å². The second-order valence-electron chi connectivity index (χ2n) is 8.67. The molecule has 0 radical (unpaired) electrons. The smallest absolute Gasteiger partial charge is 0.336 e. The molecule has 0 saturated heterocycles. The van der Waals surface area contributed by atoms with Crippen LogP contribution in [-0.2, 0) is 12.2 Å². The van der Waals surface area contributed by atoms with Crippen molar-refractivity contribution in [1.29, 1.82) is 0 Å². The van der Waals surface area contributed by atoms with Gasteiger partial charge in [-0.25, -0.2) is 9.36 Å². The highest BCUT2D eigenvalue weighted by atomic mass is 32.2. The molecule has 178 valence electrons. The zero-order valence-corrected chi connectivity index (χ0v) is 20.6. The van der Waals surface area contributed by atoms with Gasteiger partial charge in [-0.3, -0.25) is 9.20 Å².